The van der Waals surface area contributed by atoms with Gasteiger partial charge in [-0.1, -0.05) is 30.4 Å². The Labute approximate surface area is 252 Å². The molecular formula is C32H37BrN6OS. The Balaban J connectivity index is 1.58. The van der Waals surface area contributed by atoms with Gasteiger partial charge in [0.2, 0.25) is 0 Å². The van der Waals surface area contributed by atoms with Gasteiger partial charge in [-0.15, -0.1) is 0 Å². The molecule has 1 fully saturated rings. The third-order valence-electron chi connectivity index (χ3n) is 7.53. The summed E-state index contributed by atoms with van der Waals surface area (Å²) in [5.41, 5.74) is 12.4. The molecule has 9 heteroatoms. The van der Waals surface area contributed by atoms with E-state index in [1.165, 1.54) is 5.57 Å². The molecule has 3 aromatic heterocycles. The number of aromatic nitrogens is 3. The zero-order valence-electron chi connectivity index (χ0n) is 24.1. The van der Waals surface area contributed by atoms with Gasteiger partial charge in [-0.3, -0.25) is 4.98 Å². The van der Waals surface area contributed by atoms with Gasteiger partial charge in [0.1, 0.15) is 16.7 Å². The van der Waals surface area contributed by atoms with Crippen LogP contribution in [0.1, 0.15) is 64.6 Å². The number of hydrogen-bond acceptors (Lipinski definition) is 6. The van der Waals surface area contributed by atoms with Gasteiger partial charge >= 0.3 is 0 Å². The van der Waals surface area contributed by atoms with E-state index in [1.807, 2.05) is 18.3 Å². The zero-order chi connectivity index (χ0) is 29.3. The smallest absolute Gasteiger partial charge is 0.143 e. The van der Waals surface area contributed by atoms with Crippen molar-refractivity contribution in [3.8, 4) is 11.3 Å². The van der Waals surface area contributed by atoms with Gasteiger partial charge in [0.15, 0.2) is 0 Å². The number of nitrogen functional groups attached to an aromatic ring is 1. The quantitative estimate of drug-likeness (QED) is 0.204. The van der Waals surface area contributed by atoms with Crippen LogP contribution in [0.25, 0.3) is 17.0 Å². The predicted octanol–water partition coefficient (Wildman–Crippen LogP) is 7.07. The number of anilines is 2. The monoisotopic (exact) mass is 632 g/mol. The summed E-state index contributed by atoms with van der Waals surface area (Å²) in [4.78, 5) is 17.5. The highest BCUT2D eigenvalue weighted by atomic mass is 79.9. The van der Waals surface area contributed by atoms with Gasteiger partial charge < -0.3 is 15.4 Å². The molecular weight excluding hydrogens is 596 g/mol. The van der Waals surface area contributed by atoms with Gasteiger partial charge in [0.05, 0.1) is 15.4 Å². The molecule has 2 atom stereocenters. The summed E-state index contributed by atoms with van der Waals surface area (Å²) in [6.07, 6.45) is 10.5. The van der Waals surface area contributed by atoms with Crippen molar-refractivity contribution in [2.24, 2.45) is 0 Å². The highest BCUT2D eigenvalue weighted by Crippen LogP contribution is 2.38. The molecule has 0 bridgehead atoms. The summed E-state index contributed by atoms with van der Waals surface area (Å²) in [6, 6.07) is 11.6. The fourth-order valence-electron chi connectivity index (χ4n) is 5.05. The second-order valence-electron chi connectivity index (χ2n) is 10.9. The lowest BCUT2D eigenvalue weighted by atomic mass is 10.0. The Morgan fingerprint density at radius 3 is 2.61 bits per heavy atom. The van der Waals surface area contributed by atoms with Crippen molar-refractivity contribution >= 4 is 47.8 Å². The molecule has 4 heterocycles. The van der Waals surface area contributed by atoms with E-state index in [9.17, 15) is 4.21 Å². The van der Waals surface area contributed by atoms with Crippen molar-refractivity contribution in [3.63, 3.8) is 0 Å². The molecule has 1 aliphatic heterocycles. The summed E-state index contributed by atoms with van der Waals surface area (Å²) in [7, 11) is -2.85. The van der Waals surface area contributed by atoms with Gasteiger partial charge in [0, 0.05) is 56.2 Å². The molecule has 41 heavy (non-hydrogen) atoms. The second kappa shape index (κ2) is 11.8. The van der Waals surface area contributed by atoms with Crippen LogP contribution in [0.3, 0.4) is 0 Å². The standard InChI is InChI=1S/C32H37BrN6OS/c1-20(2)12-16-25-17-15-24(19-35-25)31-28(33)18-27(32(37-31)39-21(3)13-14-22(39)4)23(5)38-41(40,26-8-6-9-26)30-11-7-10-29(34)36-30/h7,10-13,15,17-19,22H,5-6,8-9,14,16H2,1-4H3,(H2,34,36)(H,38,40)/t22-,41?/m1/s1. The van der Waals surface area contributed by atoms with Crippen LogP contribution in [0.4, 0.5) is 11.6 Å². The van der Waals surface area contributed by atoms with E-state index in [-0.39, 0.29) is 6.04 Å². The molecule has 0 spiro atoms. The van der Waals surface area contributed by atoms with Crippen molar-refractivity contribution < 1.29 is 4.21 Å². The van der Waals surface area contributed by atoms with Crippen LogP contribution in [-0.2, 0) is 16.1 Å². The number of nitrogens with one attached hydrogen (secondary N) is 1. The Kier molecular flexibility index (Phi) is 8.38. The Hall–Kier alpha value is -3.43. The van der Waals surface area contributed by atoms with Crippen molar-refractivity contribution in [3.05, 3.63) is 88.3 Å². The normalized spacial score (nSPS) is 17.9. The number of rotatable bonds is 8. The molecule has 0 radical (unpaired) electrons. The van der Waals surface area contributed by atoms with E-state index < -0.39 is 9.71 Å². The minimum Gasteiger partial charge on any atom is -0.384 e. The van der Waals surface area contributed by atoms with Crippen LogP contribution in [0.5, 0.6) is 0 Å². The highest BCUT2D eigenvalue weighted by Gasteiger charge is 2.30. The second-order valence-corrected chi connectivity index (χ2v) is 14.1. The molecule has 0 aromatic carbocycles. The van der Waals surface area contributed by atoms with Crippen molar-refractivity contribution in [1.82, 2.24) is 19.7 Å². The minimum atomic E-state index is -2.85. The first-order chi connectivity index (χ1) is 19.6. The fraction of sp³-hybridized carbons (Fsp3) is 0.312. The summed E-state index contributed by atoms with van der Waals surface area (Å²) in [5, 5.41) is 0.434. The number of nitrogens with zero attached hydrogens (tertiary/aromatic N) is 4. The van der Waals surface area contributed by atoms with Crippen LogP contribution >= 0.6 is 15.9 Å². The van der Waals surface area contributed by atoms with Crippen LogP contribution in [0.2, 0.25) is 0 Å². The van der Waals surface area contributed by atoms with Gasteiger partial charge in [-0.05, 0) is 99.6 Å². The maximum atomic E-state index is 14.6. The molecule has 2 aliphatic rings. The first-order valence-electron chi connectivity index (χ1n) is 13.9. The minimum absolute atomic E-state index is 0.216. The summed E-state index contributed by atoms with van der Waals surface area (Å²) in [6.45, 7) is 12.8. The molecule has 214 valence electrons. The number of hydrogen-bond donors (Lipinski definition) is 2. The maximum absolute atomic E-state index is 14.6. The van der Waals surface area contributed by atoms with E-state index in [0.717, 1.165) is 75.5 Å². The summed E-state index contributed by atoms with van der Waals surface area (Å²) < 4.78 is 18.7. The van der Waals surface area contributed by atoms with Crippen LogP contribution in [-0.4, -0.2) is 30.1 Å². The molecule has 1 saturated carbocycles. The van der Waals surface area contributed by atoms with Crippen LogP contribution in [0.15, 0.2) is 82.1 Å². The SMILES string of the molecule is C=C(NS(=O)(=C1CCC1)c1cccc(N)n1)c1cc(Br)c(-c2ccc(CC=C(C)C)nc2)nc1N1C(C)=CC[C@H]1C. The van der Waals surface area contributed by atoms with Crippen molar-refractivity contribution in [1.29, 1.82) is 0 Å². The summed E-state index contributed by atoms with van der Waals surface area (Å²) in [5.74, 6) is 1.10. The van der Waals surface area contributed by atoms with Gasteiger partial charge in [-0.25, -0.2) is 14.2 Å². The van der Waals surface area contributed by atoms with Gasteiger partial charge in [-0.2, -0.15) is 0 Å². The van der Waals surface area contributed by atoms with Gasteiger partial charge in [0.25, 0.3) is 0 Å². The first kappa shape index (κ1) is 29.1. The maximum Gasteiger partial charge on any atom is 0.143 e. The third kappa shape index (κ3) is 5.97. The Morgan fingerprint density at radius 2 is 2.02 bits per heavy atom. The number of nitrogens with two attached hydrogens (primary N) is 1. The Morgan fingerprint density at radius 1 is 1.24 bits per heavy atom. The Bertz CT molecular complexity index is 1670. The fourth-order valence-corrected chi connectivity index (χ4v) is 7.97. The lowest BCUT2D eigenvalue weighted by molar-refractivity contribution is 0.671. The average Bonchev–Trinajstić information content (AvgIpc) is 3.24. The lowest BCUT2D eigenvalue weighted by Crippen LogP contribution is -2.34. The van der Waals surface area contributed by atoms with Crippen LogP contribution < -0.4 is 15.4 Å². The molecule has 7 nitrogen and oxygen atoms in total. The van der Waals surface area contributed by atoms with E-state index >= 15 is 0 Å². The number of halogens is 1. The largest absolute Gasteiger partial charge is 0.384 e. The van der Waals surface area contributed by atoms with E-state index in [0.29, 0.717) is 16.5 Å². The zero-order valence-corrected chi connectivity index (χ0v) is 26.5. The average molecular weight is 634 g/mol. The summed E-state index contributed by atoms with van der Waals surface area (Å²) >= 11 is 3.77. The van der Waals surface area contributed by atoms with E-state index in [1.54, 1.807) is 18.2 Å². The molecule has 1 aliphatic carbocycles. The number of pyridine rings is 3. The molecule has 0 saturated heterocycles. The lowest BCUT2D eigenvalue weighted by Gasteiger charge is -2.30. The predicted molar refractivity (Wildman–Crippen MR) is 175 cm³/mol. The van der Waals surface area contributed by atoms with Crippen molar-refractivity contribution in [2.45, 2.75) is 70.9 Å². The first-order valence-corrected chi connectivity index (χ1v) is 16.3. The third-order valence-corrected chi connectivity index (χ3v) is 10.7. The van der Waals surface area contributed by atoms with Crippen molar-refractivity contribution in [2.75, 3.05) is 10.6 Å². The molecule has 0 amide bonds. The molecule has 3 N–H and O–H groups in total. The number of allylic oxidation sites excluding steroid dienone is 3. The molecule has 3 aromatic rings. The molecule has 1 unspecified atom stereocenters. The topological polar surface area (TPSA) is 97.0 Å². The van der Waals surface area contributed by atoms with Crippen LogP contribution in [0, 0.1) is 0 Å². The highest BCUT2D eigenvalue weighted by molar-refractivity contribution is 9.10. The van der Waals surface area contributed by atoms with E-state index in [4.69, 9.17) is 10.7 Å². The molecule has 5 rings (SSSR count). The van der Waals surface area contributed by atoms with E-state index in [2.05, 4.69) is 88.0 Å².